The summed E-state index contributed by atoms with van der Waals surface area (Å²) in [6.07, 6.45) is 0. The van der Waals surface area contributed by atoms with Crippen LogP contribution in [-0.4, -0.2) is 30.3 Å². The van der Waals surface area contributed by atoms with Gasteiger partial charge in [0.25, 0.3) is 0 Å². The lowest BCUT2D eigenvalue weighted by molar-refractivity contribution is -0.146. The molecule has 20 heavy (non-hydrogen) atoms. The summed E-state index contributed by atoms with van der Waals surface area (Å²) in [5.41, 5.74) is -0.0679. The van der Waals surface area contributed by atoms with Crippen molar-refractivity contribution < 1.29 is 19.4 Å². The number of carbonyl (C=O) groups is 2. The van der Waals surface area contributed by atoms with Crippen LogP contribution in [0.15, 0.2) is 24.3 Å². The molecule has 0 spiro atoms. The van der Waals surface area contributed by atoms with E-state index in [1.807, 2.05) is 24.3 Å². The van der Waals surface area contributed by atoms with Gasteiger partial charge in [-0.25, -0.2) is 4.79 Å². The molecular weight excluding hydrogens is 260 g/mol. The monoisotopic (exact) mass is 278 g/mol. The second-order valence-electron chi connectivity index (χ2n) is 5.42. The van der Waals surface area contributed by atoms with E-state index in [0.717, 1.165) is 11.3 Å². The maximum atomic E-state index is 11.8. The van der Waals surface area contributed by atoms with E-state index in [1.165, 1.54) is 0 Å². The first kappa shape index (κ1) is 14.2. The predicted octanol–water partition coefficient (Wildman–Crippen LogP) is 1.53. The van der Waals surface area contributed by atoms with Crippen molar-refractivity contribution in [1.82, 2.24) is 10.6 Å². The van der Waals surface area contributed by atoms with E-state index in [4.69, 9.17) is 9.84 Å². The van der Waals surface area contributed by atoms with Crippen LogP contribution in [0, 0.1) is 5.41 Å². The highest BCUT2D eigenvalue weighted by molar-refractivity contribution is 5.78. The minimum atomic E-state index is -0.999. The van der Waals surface area contributed by atoms with E-state index in [2.05, 4.69) is 10.6 Å². The van der Waals surface area contributed by atoms with Gasteiger partial charge in [0, 0.05) is 12.1 Å². The summed E-state index contributed by atoms with van der Waals surface area (Å²) in [5.74, 6) is -0.184. The summed E-state index contributed by atoms with van der Waals surface area (Å²) in [7, 11) is 0. The van der Waals surface area contributed by atoms with Gasteiger partial charge in [-0.2, -0.15) is 0 Å². The number of para-hydroxylation sites is 1. The Balaban J connectivity index is 1.89. The van der Waals surface area contributed by atoms with Crippen LogP contribution < -0.4 is 15.4 Å². The SMILES string of the molecule is CC(C)(CNC(=O)NC1COc2ccccc21)C(=O)O. The highest BCUT2D eigenvalue weighted by Crippen LogP contribution is 2.31. The summed E-state index contributed by atoms with van der Waals surface area (Å²) in [4.78, 5) is 22.8. The number of carboxylic acid groups (broad SMARTS) is 1. The van der Waals surface area contributed by atoms with Gasteiger partial charge in [-0.1, -0.05) is 18.2 Å². The van der Waals surface area contributed by atoms with Crippen molar-refractivity contribution in [2.24, 2.45) is 5.41 Å². The molecule has 1 heterocycles. The van der Waals surface area contributed by atoms with E-state index in [-0.39, 0.29) is 12.6 Å². The van der Waals surface area contributed by atoms with Gasteiger partial charge in [-0.05, 0) is 19.9 Å². The lowest BCUT2D eigenvalue weighted by Gasteiger charge is -2.20. The van der Waals surface area contributed by atoms with Crippen LogP contribution in [-0.2, 0) is 4.79 Å². The third-order valence-corrected chi connectivity index (χ3v) is 3.28. The fourth-order valence-electron chi connectivity index (χ4n) is 1.87. The van der Waals surface area contributed by atoms with Crippen molar-refractivity contribution in [2.45, 2.75) is 19.9 Å². The molecule has 0 radical (unpaired) electrons. The number of carboxylic acids is 1. The van der Waals surface area contributed by atoms with Gasteiger partial charge in [0.2, 0.25) is 0 Å². The molecule has 2 rings (SSSR count). The van der Waals surface area contributed by atoms with Crippen molar-refractivity contribution >= 4 is 12.0 Å². The molecule has 6 heteroatoms. The zero-order chi connectivity index (χ0) is 14.8. The second-order valence-corrected chi connectivity index (χ2v) is 5.42. The number of ether oxygens (including phenoxy) is 1. The second kappa shape index (κ2) is 5.40. The Hall–Kier alpha value is -2.24. The van der Waals surface area contributed by atoms with Crippen molar-refractivity contribution in [2.75, 3.05) is 13.2 Å². The van der Waals surface area contributed by atoms with Gasteiger partial charge in [-0.3, -0.25) is 4.79 Å². The van der Waals surface area contributed by atoms with E-state index in [0.29, 0.717) is 6.61 Å². The topological polar surface area (TPSA) is 87.7 Å². The summed E-state index contributed by atoms with van der Waals surface area (Å²) < 4.78 is 5.46. The number of amides is 2. The van der Waals surface area contributed by atoms with E-state index < -0.39 is 17.4 Å². The average molecular weight is 278 g/mol. The van der Waals surface area contributed by atoms with Crippen LogP contribution in [0.4, 0.5) is 4.79 Å². The Morgan fingerprint density at radius 2 is 2.10 bits per heavy atom. The number of aliphatic carboxylic acids is 1. The lowest BCUT2D eigenvalue weighted by atomic mass is 9.94. The molecule has 1 unspecified atom stereocenters. The summed E-state index contributed by atoms with van der Waals surface area (Å²) in [5, 5.41) is 14.3. The molecule has 0 aromatic heterocycles. The largest absolute Gasteiger partial charge is 0.491 e. The Labute approximate surface area is 117 Å². The molecule has 0 aliphatic carbocycles. The number of nitrogens with one attached hydrogen (secondary N) is 2. The molecule has 1 atom stereocenters. The first-order valence-corrected chi connectivity index (χ1v) is 6.39. The molecule has 3 N–H and O–H groups in total. The molecule has 0 fully saturated rings. The molecule has 1 aromatic rings. The zero-order valence-corrected chi connectivity index (χ0v) is 11.5. The number of hydrogen-bond acceptors (Lipinski definition) is 3. The van der Waals surface area contributed by atoms with Crippen molar-refractivity contribution in [3.05, 3.63) is 29.8 Å². The smallest absolute Gasteiger partial charge is 0.315 e. The van der Waals surface area contributed by atoms with E-state index >= 15 is 0 Å². The van der Waals surface area contributed by atoms with Crippen LogP contribution in [0.5, 0.6) is 5.75 Å². The zero-order valence-electron chi connectivity index (χ0n) is 11.5. The van der Waals surface area contributed by atoms with Crippen molar-refractivity contribution in [3.8, 4) is 5.75 Å². The van der Waals surface area contributed by atoms with Gasteiger partial charge < -0.3 is 20.5 Å². The molecule has 0 saturated carbocycles. The van der Waals surface area contributed by atoms with Crippen LogP contribution in [0.1, 0.15) is 25.5 Å². The standard InChI is InChI=1S/C14H18N2O4/c1-14(2,12(17)18)8-15-13(19)16-10-7-20-11-6-4-3-5-9(10)11/h3-6,10H,7-8H2,1-2H3,(H,17,18)(H2,15,16,19). The third kappa shape index (κ3) is 3.01. The van der Waals surface area contributed by atoms with Crippen LogP contribution >= 0.6 is 0 Å². The van der Waals surface area contributed by atoms with Crippen molar-refractivity contribution in [3.63, 3.8) is 0 Å². The first-order valence-electron chi connectivity index (χ1n) is 6.39. The Kier molecular flexibility index (Phi) is 3.83. The van der Waals surface area contributed by atoms with Crippen LogP contribution in [0.25, 0.3) is 0 Å². The maximum absolute atomic E-state index is 11.8. The summed E-state index contributed by atoms with van der Waals surface area (Å²) in [6, 6.07) is 6.89. The van der Waals surface area contributed by atoms with Gasteiger partial charge in [0.1, 0.15) is 12.4 Å². The molecule has 0 bridgehead atoms. The molecule has 0 saturated heterocycles. The third-order valence-electron chi connectivity index (χ3n) is 3.28. The fraction of sp³-hybridized carbons (Fsp3) is 0.429. The number of carbonyl (C=O) groups excluding carboxylic acids is 1. The first-order chi connectivity index (χ1) is 9.40. The predicted molar refractivity (Wildman–Crippen MR) is 72.6 cm³/mol. The molecule has 1 aromatic carbocycles. The highest BCUT2D eigenvalue weighted by atomic mass is 16.5. The molecule has 108 valence electrons. The van der Waals surface area contributed by atoms with Gasteiger partial charge >= 0.3 is 12.0 Å². The lowest BCUT2D eigenvalue weighted by Crippen LogP contribution is -2.44. The molecule has 6 nitrogen and oxygen atoms in total. The van der Waals surface area contributed by atoms with Crippen LogP contribution in [0.3, 0.4) is 0 Å². The Bertz CT molecular complexity index is 528. The van der Waals surface area contributed by atoms with Crippen molar-refractivity contribution in [1.29, 1.82) is 0 Å². The summed E-state index contributed by atoms with van der Waals surface area (Å²) in [6.45, 7) is 3.56. The molecule has 2 amide bonds. The minimum absolute atomic E-state index is 0.0589. The molecule has 1 aliphatic rings. The maximum Gasteiger partial charge on any atom is 0.315 e. The highest BCUT2D eigenvalue weighted by Gasteiger charge is 2.29. The number of urea groups is 1. The molecular formula is C14H18N2O4. The Morgan fingerprint density at radius 1 is 1.40 bits per heavy atom. The van der Waals surface area contributed by atoms with Gasteiger partial charge in [0.05, 0.1) is 11.5 Å². The van der Waals surface area contributed by atoms with Gasteiger partial charge in [0.15, 0.2) is 0 Å². The fourth-order valence-corrected chi connectivity index (χ4v) is 1.87. The number of fused-ring (bicyclic) bond motifs is 1. The van der Waals surface area contributed by atoms with E-state index in [1.54, 1.807) is 13.8 Å². The Morgan fingerprint density at radius 3 is 2.80 bits per heavy atom. The van der Waals surface area contributed by atoms with E-state index in [9.17, 15) is 9.59 Å². The number of hydrogen-bond donors (Lipinski definition) is 3. The minimum Gasteiger partial charge on any atom is -0.491 e. The number of benzene rings is 1. The normalized spacial score (nSPS) is 17.0. The molecule has 1 aliphatic heterocycles. The summed E-state index contributed by atoms with van der Waals surface area (Å²) >= 11 is 0. The number of rotatable bonds is 4. The van der Waals surface area contributed by atoms with Gasteiger partial charge in [-0.15, -0.1) is 0 Å². The average Bonchev–Trinajstić information content (AvgIpc) is 2.80. The quantitative estimate of drug-likeness (QED) is 0.779. The van der Waals surface area contributed by atoms with Crippen LogP contribution in [0.2, 0.25) is 0 Å².